The second-order valence-electron chi connectivity index (χ2n) is 7.59. The first-order valence-corrected chi connectivity index (χ1v) is 9.51. The van der Waals surface area contributed by atoms with Crippen molar-refractivity contribution in [3.05, 3.63) is 54.5 Å². The maximum atomic E-state index is 5.80. The summed E-state index contributed by atoms with van der Waals surface area (Å²) < 4.78 is 7.69. The van der Waals surface area contributed by atoms with Crippen molar-refractivity contribution in [2.24, 2.45) is 5.92 Å². The average Bonchev–Trinajstić information content (AvgIpc) is 2.96. The molecular formula is C21H27N5O. The maximum Gasteiger partial charge on any atom is 0.162 e. The van der Waals surface area contributed by atoms with Crippen molar-refractivity contribution in [2.45, 2.75) is 6.54 Å². The van der Waals surface area contributed by atoms with E-state index in [2.05, 4.69) is 47.3 Å². The summed E-state index contributed by atoms with van der Waals surface area (Å²) in [5.74, 6) is 0.536. The Morgan fingerprint density at radius 3 is 2.85 bits per heavy atom. The Morgan fingerprint density at radius 2 is 2.04 bits per heavy atom. The minimum Gasteiger partial charge on any atom is -0.380 e. The SMILES string of the molecule is CN(C)C[C@@H]1COCCN(Cc2cnc3c(-c4ccccc4)cnn3c2)C1. The molecule has 1 saturated heterocycles. The molecule has 1 aliphatic heterocycles. The molecule has 0 unspecified atom stereocenters. The number of hydrogen-bond acceptors (Lipinski definition) is 5. The zero-order chi connectivity index (χ0) is 18.6. The molecule has 0 amide bonds. The summed E-state index contributed by atoms with van der Waals surface area (Å²) in [6.45, 7) is 5.55. The molecule has 0 saturated carbocycles. The molecule has 0 spiro atoms. The summed E-state index contributed by atoms with van der Waals surface area (Å²) in [5.41, 5.74) is 4.28. The molecule has 0 bridgehead atoms. The average molecular weight is 365 g/mol. The summed E-state index contributed by atoms with van der Waals surface area (Å²) in [7, 11) is 4.24. The number of benzene rings is 1. The van der Waals surface area contributed by atoms with Gasteiger partial charge in [-0.25, -0.2) is 9.50 Å². The second-order valence-corrected chi connectivity index (χ2v) is 7.59. The zero-order valence-electron chi connectivity index (χ0n) is 16.1. The molecule has 142 valence electrons. The smallest absolute Gasteiger partial charge is 0.162 e. The van der Waals surface area contributed by atoms with Crippen molar-refractivity contribution in [3.63, 3.8) is 0 Å². The first-order chi connectivity index (χ1) is 13.2. The van der Waals surface area contributed by atoms with Crippen LogP contribution in [0.1, 0.15) is 5.56 Å². The van der Waals surface area contributed by atoms with E-state index in [9.17, 15) is 0 Å². The molecule has 0 radical (unpaired) electrons. The molecule has 1 fully saturated rings. The number of aromatic nitrogens is 3. The van der Waals surface area contributed by atoms with Crippen molar-refractivity contribution >= 4 is 5.65 Å². The number of rotatable bonds is 5. The molecule has 0 N–H and O–H groups in total. The van der Waals surface area contributed by atoms with Gasteiger partial charge in [0, 0.05) is 55.6 Å². The highest BCUT2D eigenvalue weighted by molar-refractivity contribution is 5.76. The van der Waals surface area contributed by atoms with Crippen LogP contribution in [-0.4, -0.2) is 71.3 Å². The van der Waals surface area contributed by atoms with Crippen molar-refractivity contribution in [1.29, 1.82) is 0 Å². The summed E-state index contributed by atoms with van der Waals surface area (Å²) in [6.07, 6.45) is 5.98. The fourth-order valence-corrected chi connectivity index (χ4v) is 3.80. The summed E-state index contributed by atoms with van der Waals surface area (Å²) in [5, 5.41) is 4.53. The Kier molecular flexibility index (Phi) is 5.48. The predicted molar refractivity (Wildman–Crippen MR) is 107 cm³/mol. The molecule has 6 heteroatoms. The third-order valence-electron chi connectivity index (χ3n) is 4.95. The Balaban J connectivity index is 1.51. The van der Waals surface area contributed by atoms with Crippen LogP contribution in [0.2, 0.25) is 0 Å². The van der Waals surface area contributed by atoms with Crippen molar-refractivity contribution < 1.29 is 4.74 Å². The van der Waals surface area contributed by atoms with Gasteiger partial charge in [-0.3, -0.25) is 4.90 Å². The highest BCUT2D eigenvalue weighted by Gasteiger charge is 2.20. The second kappa shape index (κ2) is 8.17. The lowest BCUT2D eigenvalue weighted by Crippen LogP contribution is -2.34. The number of nitrogens with zero attached hydrogens (tertiary/aromatic N) is 5. The van der Waals surface area contributed by atoms with E-state index in [0.29, 0.717) is 5.92 Å². The molecule has 1 atom stereocenters. The van der Waals surface area contributed by atoms with Crippen LogP contribution < -0.4 is 0 Å². The van der Waals surface area contributed by atoms with Crippen LogP contribution in [0, 0.1) is 5.92 Å². The van der Waals surface area contributed by atoms with Gasteiger partial charge >= 0.3 is 0 Å². The van der Waals surface area contributed by atoms with Crippen LogP contribution in [0.4, 0.5) is 0 Å². The molecule has 1 aliphatic rings. The van der Waals surface area contributed by atoms with E-state index in [1.165, 1.54) is 5.56 Å². The largest absolute Gasteiger partial charge is 0.380 e. The van der Waals surface area contributed by atoms with Gasteiger partial charge in [0.1, 0.15) is 0 Å². The van der Waals surface area contributed by atoms with Crippen LogP contribution >= 0.6 is 0 Å². The summed E-state index contributed by atoms with van der Waals surface area (Å²) in [6, 6.07) is 10.3. The van der Waals surface area contributed by atoms with Crippen molar-refractivity contribution in [3.8, 4) is 11.1 Å². The highest BCUT2D eigenvalue weighted by atomic mass is 16.5. The van der Waals surface area contributed by atoms with Gasteiger partial charge in [0.15, 0.2) is 5.65 Å². The van der Waals surface area contributed by atoms with Gasteiger partial charge in [0.05, 0.1) is 19.4 Å². The van der Waals surface area contributed by atoms with Crippen LogP contribution in [-0.2, 0) is 11.3 Å². The molecule has 4 rings (SSSR count). The van der Waals surface area contributed by atoms with Gasteiger partial charge in [0.25, 0.3) is 0 Å². The Hall–Kier alpha value is -2.28. The normalized spacial score (nSPS) is 18.9. The van der Waals surface area contributed by atoms with Crippen LogP contribution in [0.25, 0.3) is 16.8 Å². The molecule has 1 aromatic carbocycles. The molecule has 27 heavy (non-hydrogen) atoms. The Bertz CT molecular complexity index is 877. The summed E-state index contributed by atoms with van der Waals surface area (Å²) in [4.78, 5) is 9.41. The molecule has 0 aliphatic carbocycles. The highest BCUT2D eigenvalue weighted by Crippen LogP contribution is 2.23. The van der Waals surface area contributed by atoms with Gasteiger partial charge < -0.3 is 9.64 Å². The lowest BCUT2D eigenvalue weighted by molar-refractivity contribution is 0.112. The third kappa shape index (κ3) is 4.35. The van der Waals surface area contributed by atoms with E-state index in [4.69, 9.17) is 9.72 Å². The van der Waals surface area contributed by atoms with E-state index in [0.717, 1.165) is 56.2 Å². The fraction of sp³-hybridized carbons (Fsp3) is 0.429. The van der Waals surface area contributed by atoms with Gasteiger partial charge in [-0.05, 0) is 19.7 Å². The lowest BCUT2D eigenvalue weighted by atomic mass is 10.1. The van der Waals surface area contributed by atoms with Gasteiger partial charge in [-0.1, -0.05) is 30.3 Å². The minimum atomic E-state index is 0.536. The monoisotopic (exact) mass is 365 g/mol. The van der Waals surface area contributed by atoms with Gasteiger partial charge in [-0.15, -0.1) is 0 Å². The van der Waals surface area contributed by atoms with E-state index >= 15 is 0 Å². The molecule has 3 heterocycles. The first kappa shape index (κ1) is 18.1. The van der Waals surface area contributed by atoms with E-state index < -0.39 is 0 Å². The van der Waals surface area contributed by atoms with Crippen molar-refractivity contribution in [1.82, 2.24) is 24.4 Å². The van der Waals surface area contributed by atoms with Crippen LogP contribution in [0.3, 0.4) is 0 Å². The molecule has 6 nitrogen and oxygen atoms in total. The van der Waals surface area contributed by atoms with Crippen LogP contribution in [0.5, 0.6) is 0 Å². The maximum absolute atomic E-state index is 5.80. The van der Waals surface area contributed by atoms with E-state index in [1.54, 1.807) is 0 Å². The van der Waals surface area contributed by atoms with Gasteiger partial charge in [-0.2, -0.15) is 5.10 Å². The number of hydrogen-bond donors (Lipinski definition) is 0. The topological polar surface area (TPSA) is 45.9 Å². The van der Waals surface area contributed by atoms with E-state index in [-0.39, 0.29) is 0 Å². The molecule has 3 aromatic rings. The van der Waals surface area contributed by atoms with E-state index in [1.807, 2.05) is 35.1 Å². The molecular weight excluding hydrogens is 338 g/mol. The Labute approximate surface area is 160 Å². The molecule has 2 aromatic heterocycles. The minimum absolute atomic E-state index is 0.536. The Morgan fingerprint density at radius 1 is 1.19 bits per heavy atom. The first-order valence-electron chi connectivity index (χ1n) is 9.51. The van der Waals surface area contributed by atoms with Crippen molar-refractivity contribution in [2.75, 3.05) is 46.9 Å². The zero-order valence-corrected chi connectivity index (χ0v) is 16.1. The standard InChI is InChI=1S/C21H27N5O/c1-24(2)12-18-14-25(8-9-27-16-18)13-17-10-22-21-20(11-23-26(21)15-17)19-6-4-3-5-7-19/h3-7,10-11,15,18H,8-9,12-14,16H2,1-2H3/t18-/m0/s1. The lowest BCUT2D eigenvalue weighted by Gasteiger charge is -2.25. The predicted octanol–water partition coefficient (Wildman–Crippen LogP) is 2.41. The third-order valence-corrected chi connectivity index (χ3v) is 4.95. The van der Waals surface area contributed by atoms with Crippen LogP contribution in [0.15, 0.2) is 48.9 Å². The summed E-state index contributed by atoms with van der Waals surface area (Å²) >= 11 is 0. The fourth-order valence-electron chi connectivity index (χ4n) is 3.80. The number of ether oxygens (including phenoxy) is 1. The quantitative estimate of drug-likeness (QED) is 0.695. The number of fused-ring (bicyclic) bond motifs is 1. The van der Waals surface area contributed by atoms with Gasteiger partial charge in [0.2, 0.25) is 0 Å².